The lowest BCUT2D eigenvalue weighted by molar-refractivity contribution is 0.0698. The number of aromatic carboxylic acids is 1. The number of carbonyl (C=O) groups is 1. The Morgan fingerprint density at radius 2 is 1.91 bits per heavy atom. The molecule has 0 aliphatic rings. The number of carboxylic acids is 1. The van der Waals surface area contributed by atoms with Crippen LogP contribution in [0.25, 0.3) is 0 Å². The third-order valence-corrected chi connectivity index (χ3v) is 4.50. The molecule has 2 aromatic rings. The largest absolute Gasteiger partial charge is 0.478 e. The lowest BCUT2D eigenvalue weighted by atomic mass is 10.1. The number of rotatable bonds is 4. The number of hydrogen-bond donors (Lipinski definition) is 2. The van der Waals surface area contributed by atoms with Gasteiger partial charge in [-0.25, -0.2) is 17.6 Å². The summed E-state index contributed by atoms with van der Waals surface area (Å²) in [6.07, 6.45) is 0. The van der Waals surface area contributed by atoms with Crippen LogP contribution in [0, 0.1) is 12.7 Å². The van der Waals surface area contributed by atoms with Gasteiger partial charge in [-0.3, -0.25) is 4.72 Å². The van der Waals surface area contributed by atoms with Gasteiger partial charge in [0.05, 0.1) is 21.2 Å². The maximum Gasteiger partial charge on any atom is 0.337 e. The average molecular weight is 344 g/mol. The predicted molar refractivity (Wildman–Crippen MR) is 80.4 cm³/mol. The van der Waals surface area contributed by atoms with Crippen molar-refractivity contribution in [2.45, 2.75) is 11.8 Å². The van der Waals surface area contributed by atoms with E-state index in [9.17, 15) is 17.6 Å². The summed E-state index contributed by atoms with van der Waals surface area (Å²) in [6.45, 7) is 1.68. The number of halogens is 2. The molecule has 22 heavy (non-hydrogen) atoms. The van der Waals surface area contributed by atoms with Gasteiger partial charge in [-0.2, -0.15) is 0 Å². The van der Waals surface area contributed by atoms with Crippen molar-refractivity contribution < 1.29 is 22.7 Å². The van der Waals surface area contributed by atoms with Crippen molar-refractivity contribution in [1.29, 1.82) is 0 Å². The Morgan fingerprint density at radius 3 is 2.50 bits per heavy atom. The van der Waals surface area contributed by atoms with Crippen LogP contribution in [-0.4, -0.2) is 19.5 Å². The van der Waals surface area contributed by atoms with Crippen LogP contribution in [0.4, 0.5) is 10.1 Å². The summed E-state index contributed by atoms with van der Waals surface area (Å²) in [6, 6.07) is 7.18. The van der Waals surface area contributed by atoms with E-state index in [-0.39, 0.29) is 21.2 Å². The van der Waals surface area contributed by atoms with Gasteiger partial charge in [-0.1, -0.05) is 23.2 Å². The summed E-state index contributed by atoms with van der Waals surface area (Å²) in [5.74, 6) is -2.01. The Kier molecular flexibility index (Phi) is 4.39. The zero-order valence-corrected chi connectivity index (χ0v) is 12.9. The standard InChI is InChI=1S/C14H11ClFNO4S/c1-8-2-5-13(10(6-8)14(18)19)17-22(20,21)9-3-4-12(16)11(15)7-9/h2-7,17H,1H3,(H,18,19). The van der Waals surface area contributed by atoms with Crippen LogP contribution in [0.3, 0.4) is 0 Å². The van der Waals surface area contributed by atoms with Crippen molar-refractivity contribution in [3.63, 3.8) is 0 Å². The molecule has 0 unspecified atom stereocenters. The zero-order valence-electron chi connectivity index (χ0n) is 11.3. The molecular formula is C14H11ClFNO4S. The zero-order chi connectivity index (χ0) is 16.5. The number of nitrogens with one attached hydrogen (secondary N) is 1. The molecule has 2 rings (SSSR count). The summed E-state index contributed by atoms with van der Waals surface area (Å²) in [7, 11) is -4.09. The highest BCUT2D eigenvalue weighted by atomic mass is 35.5. The highest BCUT2D eigenvalue weighted by Crippen LogP contribution is 2.24. The molecule has 0 saturated heterocycles. The molecule has 2 aromatic carbocycles. The molecule has 0 amide bonds. The first-order valence-corrected chi connectivity index (χ1v) is 7.88. The SMILES string of the molecule is Cc1ccc(NS(=O)(=O)c2ccc(F)c(Cl)c2)c(C(=O)O)c1. The van der Waals surface area contributed by atoms with E-state index >= 15 is 0 Å². The second-order valence-corrected chi connectivity index (χ2v) is 6.63. The fourth-order valence-corrected chi connectivity index (χ4v) is 3.12. The molecule has 0 aromatic heterocycles. The Hall–Kier alpha value is -2.12. The van der Waals surface area contributed by atoms with Gasteiger partial charge in [0.15, 0.2) is 0 Å². The number of anilines is 1. The third-order valence-electron chi connectivity index (χ3n) is 2.85. The monoisotopic (exact) mass is 343 g/mol. The predicted octanol–water partition coefficient (Wildman–Crippen LogP) is 3.29. The molecule has 0 heterocycles. The fourth-order valence-electron chi connectivity index (χ4n) is 1.77. The average Bonchev–Trinajstić information content (AvgIpc) is 2.43. The Balaban J connectivity index is 2.45. The number of sulfonamides is 1. The molecule has 0 aliphatic heterocycles. The Bertz CT molecular complexity index is 852. The molecule has 0 bridgehead atoms. The molecule has 0 aliphatic carbocycles. The third kappa shape index (κ3) is 3.37. The molecule has 5 nitrogen and oxygen atoms in total. The van der Waals surface area contributed by atoms with Crippen molar-refractivity contribution >= 4 is 33.3 Å². The lowest BCUT2D eigenvalue weighted by Crippen LogP contribution is -2.15. The highest BCUT2D eigenvalue weighted by molar-refractivity contribution is 7.92. The second-order valence-electron chi connectivity index (χ2n) is 4.54. The first-order chi connectivity index (χ1) is 10.2. The van der Waals surface area contributed by atoms with Crippen LogP contribution in [-0.2, 0) is 10.0 Å². The van der Waals surface area contributed by atoms with Gasteiger partial charge < -0.3 is 5.11 Å². The first-order valence-electron chi connectivity index (χ1n) is 6.02. The molecule has 0 fully saturated rings. The highest BCUT2D eigenvalue weighted by Gasteiger charge is 2.19. The Morgan fingerprint density at radius 1 is 1.23 bits per heavy atom. The molecule has 116 valence electrons. The van der Waals surface area contributed by atoms with Gasteiger partial charge in [0.25, 0.3) is 10.0 Å². The first kappa shape index (κ1) is 16.3. The maximum atomic E-state index is 13.1. The van der Waals surface area contributed by atoms with E-state index in [0.29, 0.717) is 5.56 Å². The van der Waals surface area contributed by atoms with E-state index in [1.165, 1.54) is 12.1 Å². The van der Waals surface area contributed by atoms with E-state index in [2.05, 4.69) is 4.72 Å². The van der Waals surface area contributed by atoms with Crippen LogP contribution < -0.4 is 4.72 Å². The minimum Gasteiger partial charge on any atom is -0.478 e. The molecule has 8 heteroatoms. The summed E-state index contributed by atoms with van der Waals surface area (Å²) in [4.78, 5) is 10.9. The van der Waals surface area contributed by atoms with Crippen LogP contribution in [0.1, 0.15) is 15.9 Å². The summed E-state index contributed by atoms with van der Waals surface area (Å²) >= 11 is 5.56. The molecule has 0 spiro atoms. The molecule has 0 radical (unpaired) electrons. The number of carboxylic acid groups (broad SMARTS) is 1. The van der Waals surface area contributed by atoms with Gasteiger partial charge in [-0.05, 0) is 37.3 Å². The van der Waals surface area contributed by atoms with Crippen LogP contribution >= 0.6 is 11.6 Å². The van der Waals surface area contributed by atoms with Gasteiger partial charge >= 0.3 is 5.97 Å². The van der Waals surface area contributed by atoms with E-state index < -0.39 is 21.8 Å². The van der Waals surface area contributed by atoms with E-state index in [1.807, 2.05) is 0 Å². The van der Waals surface area contributed by atoms with Crippen molar-refractivity contribution in [2.75, 3.05) is 4.72 Å². The van der Waals surface area contributed by atoms with Gasteiger partial charge in [0.1, 0.15) is 5.82 Å². The number of aryl methyl sites for hydroxylation is 1. The topological polar surface area (TPSA) is 83.5 Å². The molecular weight excluding hydrogens is 333 g/mol. The smallest absolute Gasteiger partial charge is 0.337 e. The quantitative estimate of drug-likeness (QED) is 0.892. The lowest BCUT2D eigenvalue weighted by Gasteiger charge is -2.11. The Labute approximate surface area is 131 Å². The number of benzene rings is 2. The summed E-state index contributed by atoms with van der Waals surface area (Å²) in [5.41, 5.74) is 0.403. The van der Waals surface area contributed by atoms with Crippen molar-refractivity contribution in [3.8, 4) is 0 Å². The van der Waals surface area contributed by atoms with Crippen LogP contribution in [0.5, 0.6) is 0 Å². The van der Waals surface area contributed by atoms with Gasteiger partial charge in [-0.15, -0.1) is 0 Å². The van der Waals surface area contributed by atoms with Crippen LogP contribution in [0.2, 0.25) is 5.02 Å². The van der Waals surface area contributed by atoms with Gasteiger partial charge in [0.2, 0.25) is 0 Å². The van der Waals surface area contributed by atoms with Crippen LogP contribution in [0.15, 0.2) is 41.3 Å². The van der Waals surface area contributed by atoms with Gasteiger partial charge in [0, 0.05) is 0 Å². The fraction of sp³-hybridized carbons (Fsp3) is 0.0714. The van der Waals surface area contributed by atoms with Crippen molar-refractivity contribution in [1.82, 2.24) is 0 Å². The van der Waals surface area contributed by atoms with E-state index in [4.69, 9.17) is 16.7 Å². The minimum absolute atomic E-state index is 0.0847. The van der Waals surface area contributed by atoms with Crippen molar-refractivity contribution in [3.05, 3.63) is 58.4 Å². The van der Waals surface area contributed by atoms with E-state index in [0.717, 1.165) is 18.2 Å². The molecule has 2 N–H and O–H groups in total. The van der Waals surface area contributed by atoms with E-state index in [1.54, 1.807) is 13.0 Å². The summed E-state index contributed by atoms with van der Waals surface area (Å²) < 4.78 is 39.8. The number of hydrogen-bond acceptors (Lipinski definition) is 3. The maximum absolute atomic E-state index is 13.1. The summed E-state index contributed by atoms with van der Waals surface area (Å²) in [5, 5.41) is 8.79. The van der Waals surface area contributed by atoms with Crippen molar-refractivity contribution in [2.24, 2.45) is 0 Å². The second kappa shape index (κ2) is 5.94. The normalized spacial score (nSPS) is 11.2. The molecule has 0 saturated carbocycles. The minimum atomic E-state index is -4.09. The molecule has 0 atom stereocenters.